The Morgan fingerprint density at radius 2 is 1.62 bits per heavy atom. The van der Waals surface area contributed by atoms with Gasteiger partial charge in [0.1, 0.15) is 11.6 Å². The van der Waals surface area contributed by atoms with Gasteiger partial charge in [-0.25, -0.2) is 8.78 Å². The summed E-state index contributed by atoms with van der Waals surface area (Å²) >= 11 is 0. The van der Waals surface area contributed by atoms with Gasteiger partial charge in [0, 0.05) is 22.3 Å². The Bertz CT molecular complexity index is 1580. The molecule has 0 aliphatic carbocycles. The van der Waals surface area contributed by atoms with E-state index >= 15 is 4.39 Å². The Morgan fingerprint density at radius 3 is 2.31 bits per heavy atom. The van der Waals surface area contributed by atoms with E-state index in [-0.39, 0.29) is 23.1 Å². The number of hydrogen-bond acceptors (Lipinski definition) is 4. The molecule has 1 aliphatic heterocycles. The highest BCUT2D eigenvalue weighted by Gasteiger charge is 2.39. The molecule has 198 valence electrons. The van der Waals surface area contributed by atoms with E-state index in [0.717, 1.165) is 12.1 Å². The van der Waals surface area contributed by atoms with E-state index in [1.54, 1.807) is 48.5 Å². The summed E-state index contributed by atoms with van der Waals surface area (Å²) in [6.45, 7) is 0. The summed E-state index contributed by atoms with van der Waals surface area (Å²) < 4.78 is 77.8. The molecule has 0 radical (unpaired) electrons. The first-order valence-electron chi connectivity index (χ1n) is 11.9. The topological polar surface area (TPSA) is 50.7 Å². The van der Waals surface area contributed by atoms with Crippen LogP contribution in [0.2, 0.25) is 0 Å². The average Bonchev–Trinajstić information content (AvgIpc) is 2.92. The van der Waals surface area contributed by atoms with Crippen LogP contribution in [0.5, 0.6) is 0 Å². The van der Waals surface area contributed by atoms with Gasteiger partial charge in [0.15, 0.2) is 0 Å². The van der Waals surface area contributed by atoms with Gasteiger partial charge in [-0.1, -0.05) is 66.7 Å². The van der Waals surface area contributed by atoms with Gasteiger partial charge >= 0.3 is 12.1 Å². The van der Waals surface area contributed by atoms with Crippen molar-refractivity contribution in [3.8, 4) is 33.4 Å². The Kier molecular flexibility index (Phi) is 6.91. The van der Waals surface area contributed by atoms with Crippen LogP contribution < -0.4 is 5.32 Å². The molecule has 0 bridgehead atoms. The molecule has 1 N–H and O–H groups in total. The maximum atomic E-state index is 15.3. The number of esters is 1. The van der Waals surface area contributed by atoms with Crippen molar-refractivity contribution in [2.75, 3.05) is 12.4 Å². The number of rotatable bonds is 5. The number of nitrogens with zero attached hydrogens (tertiary/aromatic N) is 1. The third-order valence-corrected chi connectivity index (χ3v) is 6.58. The molecule has 0 saturated carbocycles. The molecule has 0 aromatic heterocycles. The highest BCUT2D eigenvalue weighted by Crippen LogP contribution is 2.47. The van der Waals surface area contributed by atoms with E-state index in [0.29, 0.717) is 22.4 Å². The summed E-state index contributed by atoms with van der Waals surface area (Å²) in [5.41, 5.74) is -0.0847. The molecule has 5 rings (SSSR count). The number of anilines is 1. The smallest absolute Gasteiger partial charge is 0.419 e. The Balaban J connectivity index is 1.73. The molecule has 1 atom stereocenters. The highest BCUT2D eigenvalue weighted by molar-refractivity contribution is 5.97. The van der Waals surface area contributed by atoms with Crippen LogP contribution in [0.1, 0.15) is 23.6 Å². The number of para-hydroxylation sites is 1. The van der Waals surface area contributed by atoms with Crippen molar-refractivity contribution >= 4 is 18.0 Å². The summed E-state index contributed by atoms with van der Waals surface area (Å²) in [6, 6.07) is 18.5. The fourth-order valence-electron chi connectivity index (χ4n) is 4.81. The monoisotopic (exact) mass is 536 g/mol. The Labute approximate surface area is 220 Å². The van der Waals surface area contributed by atoms with Crippen LogP contribution in [0.25, 0.3) is 33.4 Å². The first kappa shape index (κ1) is 26.1. The zero-order chi connectivity index (χ0) is 27.7. The quantitative estimate of drug-likeness (QED) is 0.207. The van der Waals surface area contributed by atoms with Crippen LogP contribution in [0.3, 0.4) is 0 Å². The van der Waals surface area contributed by atoms with Gasteiger partial charge in [-0.2, -0.15) is 13.2 Å². The molecule has 1 aliphatic rings. The number of nitrogens with one attached hydrogen (secondary N) is 1. The molecule has 9 heteroatoms. The second-order valence-electron chi connectivity index (χ2n) is 8.89. The van der Waals surface area contributed by atoms with Crippen molar-refractivity contribution in [3.05, 3.63) is 102 Å². The second-order valence-corrected chi connectivity index (χ2v) is 8.89. The first-order valence-corrected chi connectivity index (χ1v) is 11.9. The highest BCUT2D eigenvalue weighted by atomic mass is 19.4. The second kappa shape index (κ2) is 10.3. The molecule has 0 saturated heterocycles. The predicted molar refractivity (Wildman–Crippen MR) is 139 cm³/mol. The zero-order valence-electron chi connectivity index (χ0n) is 20.5. The number of fused-ring (bicyclic) bond motifs is 1. The number of alkyl halides is 3. The van der Waals surface area contributed by atoms with Gasteiger partial charge in [-0.3, -0.25) is 9.79 Å². The third-order valence-electron chi connectivity index (χ3n) is 6.58. The summed E-state index contributed by atoms with van der Waals surface area (Å²) in [5, 5.41) is 2.95. The summed E-state index contributed by atoms with van der Waals surface area (Å²) in [6.07, 6.45) is -3.80. The number of hydrogen-bond donors (Lipinski definition) is 1. The SMILES string of the molecule is COC(=O)CC1N=CNc2c(-c3ccc(F)c(C(F)(F)F)c3-c3ccc(-c4ccccc4)c(F)c3)cccc21. The maximum absolute atomic E-state index is 15.3. The molecule has 1 heterocycles. The van der Waals surface area contributed by atoms with Crippen LogP contribution >= 0.6 is 0 Å². The minimum Gasteiger partial charge on any atom is -0.469 e. The molecule has 4 nitrogen and oxygen atoms in total. The third kappa shape index (κ3) is 4.99. The van der Waals surface area contributed by atoms with Crippen molar-refractivity contribution in [3.63, 3.8) is 0 Å². The molecule has 1 unspecified atom stereocenters. The molecule has 0 amide bonds. The molecule has 0 fully saturated rings. The zero-order valence-corrected chi connectivity index (χ0v) is 20.5. The summed E-state index contributed by atoms with van der Waals surface area (Å²) in [7, 11) is 1.25. The minimum atomic E-state index is -5.07. The summed E-state index contributed by atoms with van der Waals surface area (Å²) in [5.74, 6) is -2.73. The van der Waals surface area contributed by atoms with E-state index in [1.165, 1.54) is 31.6 Å². The molecule has 0 spiro atoms. The van der Waals surface area contributed by atoms with E-state index in [1.807, 2.05) is 0 Å². The number of carbonyl (C=O) groups excluding carboxylic acids is 1. The Morgan fingerprint density at radius 1 is 0.872 bits per heavy atom. The molecular formula is C30H21F5N2O2. The van der Waals surface area contributed by atoms with E-state index in [9.17, 15) is 22.4 Å². The van der Waals surface area contributed by atoms with Gasteiger partial charge < -0.3 is 10.1 Å². The lowest BCUT2D eigenvalue weighted by atomic mass is 9.86. The number of methoxy groups -OCH3 is 1. The minimum absolute atomic E-state index is 0.0343. The van der Waals surface area contributed by atoms with E-state index < -0.39 is 40.9 Å². The largest absolute Gasteiger partial charge is 0.469 e. The fourth-order valence-corrected chi connectivity index (χ4v) is 4.81. The average molecular weight is 537 g/mol. The van der Waals surface area contributed by atoms with Gasteiger partial charge in [0.2, 0.25) is 0 Å². The van der Waals surface area contributed by atoms with Crippen molar-refractivity contribution in [1.29, 1.82) is 0 Å². The molecule has 39 heavy (non-hydrogen) atoms. The van der Waals surface area contributed by atoms with Gasteiger partial charge in [0.25, 0.3) is 0 Å². The van der Waals surface area contributed by atoms with E-state index in [2.05, 4.69) is 10.3 Å². The number of carbonyl (C=O) groups is 1. The lowest BCUT2D eigenvalue weighted by Gasteiger charge is -2.25. The Hall–Kier alpha value is -4.53. The number of halogens is 5. The van der Waals surface area contributed by atoms with Crippen LogP contribution in [-0.2, 0) is 15.7 Å². The maximum Gasteiger partial charge on any atom is 0.419 e. The van der Waals surface area contributed by atoms with Crippen LogP contribution in [-0.4, -0.2) is 19.4 Å². The fraction of sp³-hybridized carbons (Fsp3) is 0.133. The first-order chi connectivity index (χ1) is 18.7. The van der Waals surface area contributed by atoms with Crippen LogP contribution in [0.4, 0.5) is 27.6 Å². The number of aliphatic imine (C=N–C) groups is 1. The van der Waals surface area contributed by atoms with Crippen LogP contribution in [0, 0.1) is 11.6 Å². The van der Waals surface area contributed by atoms with Gasteiger partial charge in [-0.05, 0) is 28.8 Å². The summed E-state index contributed by atoms with van der Waals surface area (Å²) in [4.78, 5) is 16.2. The standard InChI is InChI=1S/C30H21F5N2O2/c1-39-26(38)15-25-22-9-5-8-21(29(22)37-16-36-25)20-12-13-23(31)28(30(33,34)35)27(20)18-10-11-19(24(32)14-18)17-6-3-2-4-7-17/h2-14,16,25H,15H2,1H3,(H,36,37). The lowest BCUT2D eigenvalue weighted by Crippen LogP contribution is -2.16. The van der Waals surface area contributed by atoms with Crippen LogP contribution in [0.15, 0.2) is 83.9 Å². The van der Waals surface area contributed by atoms with Crippen molar-refractivity contribution in [1.82, 2.24) is 0 Å². The van der Waals surface area contributed by atoms with E-state index in [4.69, 9.17) is 4.74 Å². The number of benzene rings is 4. The molecule has 4 aromatic carbocycles. The van der Waals surface area contributed by atoms with Crippen molar-refractivity contribution < 1.29 is 31.5 Å². The van der Waals surface area contributed by atoms with Crippen molar-refractivity contribution in [2.24, 2.45) is 4.99 Å². The molecule has 4 aromatic rings. The normalized spacial score (nSPS) is 14.5. The van der Waals surface area contributed by atoms with Crippen molar-refractivity contribution in [2.45, 2.75) is 18.6 Å². The number of ether oxygens (including phenoxy) is 1. The molecular weight excluding hydrogens is 515 g/mol. The van der Waals surface area contributed by atoms with Gasteiger partial charge in [0.05, 0.1) is 37.2 Å². The van der Waals surface area contributed by atoms with Gasteiger partial charge in [-0.15, -0.1) is 0 Å². The lowest BCUT2D eigenvalue weighted by molar-refractivity contribution is -0.141. The predicted octanol–water partition coefficient (Wildman–Crippen LogP) is 8.04.